The van der Waals surface area contributed by atoms with Crippen LogP contribution in [0.2, 0.25) is 0 Å². The lowest BCUT2D eigenvalue weighted by molar-refractivity contribution is 0.0250. The molecule has 3 heterocycles. The number of pyridine rings is 1. The Kier molecular flexibility index (Phi) is 5.97. The summed E-state index contributed by atoms with van der Waals surface area (Å²) in [5.41, 5.74) is 2.37. The maximum atomic E-state index is 13.0. The Morgan fingerprint density at radius 2 is 2.17 bits per heavy atom. The van der Waals surface area contributed by atoms with Crippen LogP contribution in [-0.4, -0.2) is 34.4 Å². The van der Waals surface area contributed by atoms with Crippen molar-refractivity contribution >= 4 is 22.6 Å². The number of aryl methyl sites for hydroxylation is 1. The highest BCUT2D eigenvalue weighted by atomic mass is 127. The smallest absolute Gasteiger partial charge is 0.372 e. The number of rotatable bonds is 4. The van der Waals surface area contributed by atoms with Crippen LogP contribution in [0.4, 0.5) is 0 Å². The molecule has 0 radical (unpaired) electrons. The first-order valence-electron chi connectivity index (χ1n) is 9.37. The number of ether oxygens (including phenoxy) is 1. The van der Waals surface area contributed by atoms with Gasteiger partial charge in [-0.3, -0.25) is 14.3 Å². The average Bonchev–Trinajstić information content (AvgIpc) is 3.00. The second-order valence-electron chi connectivity index (χ2n) is 7.09. The molecule has 0 amide bonds. The van der Waals surface area contributed by atoms with Crippen molar-refractivity contribution in [3.63, 3.8) is 0 Å². The average molecular weight is 508 g/mol. The van der Waals surface area contributed by atoms with Crippen LogP contribution in [0, 0.1) is 16.4 Å². The molecular formula is C20H21IN4O4. The molecule has 4 rings (SSSR count). The zero-order chi connectivity index (χ0) is 20.4. The van der Waals surface area contributed by atoms with Gasteiger partial charge in [-0.15, -0.1) is 0 Å². The van der Waals surface area contributed by atoms with Crippen molar-refractivity contribution in [1.29, 1.82) is 0 Å². The number of nitrogens with zero attached hydrogens (tertiary/aromatic N) is 2. The van der Waals surface area contributed by atoms with Crippen molar-refractivity contribution < 1.29 is 9.26 Å². The van der Waals surface area contributed by atoms with Gasteiger partial charge >= 0.3 is 5.76 Å². The van der Waals surface area contributed by atoms with E-state index in [0.717, 1.165) is 18.7 Å². The Bertz CT molecular complexity index is 1120. The quantitative estimate of drug-likeness (QED) is 0.524. The van der Waals surface area contributed by atoms with E-state index in [-0.39, 0.29) is 23.4 Å². The van der Waals surface area contributed by atoms with Crippen molar-refractivity contribution in [1.82, 2.24) is 20.0 Å². The molecule has 1 aliphatic rings. The number of benzene rings is 1. The molecule has 3 aromatic rings. The number of halogens is 1. The molecule has 2 atom stereocenters. The number of nitrogens with one attached hydrogen (secondary N) is 2. The number of hydrogen-bond acceptors (Lipinski definition) is 6. The van der Waals surface area contributed by atoms with E-state index < -0.39 is 5.76 Å². The number of hydrogen-bond donors (Lipinski definition) is 2. The van der Waals surface area contributed by atoms with E-state index in [1.807, 2.05) is 0 Å². The number of aromatic amines is 1. The van der Waals surface area contributed by atoms with Gasteiger partial charge in [-0.05, 0) is 58.8 Å². The second kappa shape index (κ2) is 8.64. The Balaban J connectivity index is 1.66. The Morgan fingerprint density at radius 1 is 1.31 bits per heavy atom. The highest BCUT2D eigenvalue weighted by molar-refractivity contribution is 14.1. The number of H-pyrrole nitrogens is 1. The highest BCUT2D eigenvalue weighted by Gasteiger charge is 2.27. The summed E-state index contributed by atoms with van der Waals surface area (Å²) in [5.74, 6) is -0.499. The van der Waals surface area contributed by atoms with Gasteiger partial charge in [0.1, 0.15) is 0 Å². The molecule has 2 aromatic heterocycles. The standard InChI is InChI=1S/C20H21IN4O4/c1-12-9-13(4-5-16(12)21)17-14(10-22-6-8-28-17)11-25-7-2-3-15(19(25)26)18-23-20(27)29-24-18/h2-5,7,9,14,17,22H,6,8,10-11H2,1H3,(H,23,24,27). The van der Waals surface area contributed by atoms with Gasteiger partial charge in [-0.25, -0.2) is 4.79 Å². The minimum absolute atomic E-state index is 0.0567. The van der Waals surface area contributed by atoms with Gasteiger partial charge in [0.2, 0.25) is 0 Å². The van der Waals surface area contributed by atoms with E-state index in [1.165, 1.54) is 9.13 Å². The molecule has 1 aromatic carbocycles. The van der Waals surface area contributed by atoms with E-state index in [0.29, 0.717) is 18.7 Å². The lowest BCUT2D eigenvalue weighted by atomic mass is 9.94. The molecule has 2 unspecified atom stereocenters. The summed E-state index contributed by atoms with van der Waals surface area (Å²) in [6.07, 6.45) is 1.62. The zero-order valence-electron chi connectivity index (χ0n) is 15.9. The third-order valence-electron chi connectivity index (χ3n) is 5.07. The molecule has 1 fully saturated rings. The maximum Gasteiger partial charge on any atom is 0.439 e. The Morgan fingerprint density at radius 3 is 2.93 bits per heavy atom. The molecule has 0 saturated carbocycles. The molecule has 1 aliphatic heterocycles. The van der Waals surface area contributed by atoms with Gasteiger partial charge in [-0.2, -0.15) is 0 Å². The second-order valence-corrected chi connectivity index (χ2v) is 8.25. The third-order valence-corrected chi connectivity index (χ3v) is 6.28. The van der Waals surface area contributed by atoms with Crippen LogP contribution in [0.3, 0.4) is 0 Å². The van der Waals surface area contributed by atoms with Gasteiger partial charge in [0, 0.05) is 35.3 Å². The van der Waals surface area contributed by atoms with Gasteiger partial charge < -0.3 is 14.6 Å². The lowest BCUT2D eigenvalue weighted by Gasteiger charge is -2.26. The van der Waals surface area contributed by atoms with Crippen molar-refractivity contribution in [2.24, 2.45) is 5.92 Å². The molecule has 29 heavy (non-hydrogen) atoms. The van der Waals surface area contributed by atoms with Crippen molar-refractivity contribution in [3.05, 3.63) is 72.1 Å². The van der Waals surface area contributed by atoms with Crippen molar-refractivity contribution in [2.75, 3.05) is 19.7 Å². The largest absolute Gasteiger partial charge is 0.439 e. The first-order valence-corrected chi connectivity index (χ1v) is 10.4. The summed E-state index contributed by atoms with van der Waals surface area (Å²) in [5, 5.41) is 7.03. The Hall–Kier alpha value is -2.24. The fourth-order valence-corrected chi connectivity index (χ4v) is 3.96. The maximum absolute atomic E-state index is 13.0. The molecule has 0 aliphatic carbocycles. The van der Waals surface area contributed by atoms with Crippen LogP contribution in [-0.2, 0) is 11.3 Å². The van der Waals surface area contributed by atoms with Crippen LogP contribution in [0.5, 0.6) is 0 Å². The molecule has 0 spiro atoms. The molecule has 152 valence electrons. The van der Waals surface area contributed by atoms with Gasteiger partial charge in [0.15, 0.2) is 5.82 Å². The van der Waals surface area contributed by atoms with Crippen LogP contribution >= 0.6 is 22.6 Å². The molecule has 8 nitrogen and oxygen atoms in total. The molecule has 0 bridgehead atoms. The van der Waals surface area contributed by atoms with Crippen molar-refractivity contribution in [2.45, 2.75) is 19.6 Å². The van der Waals surface area contributed by atoms with E-state index in [4.69, 9.17) is 4.74 Å². The van der Waals surface area contributed by atoms with Gasteiger partial charge in [0.25, 0.3) is 5.56 Å². The van der Waals surface area contributed by atoms with E-state index in [2.05, 4.69) is 67.7 Å². The first kappa shape index (κ1) is 20.0. The van der Waals surface area contributed by atoms with Crippen LogP contribution < -0.4 is 16.6 Å². The number of aromatic nitrogens is 3. The minimum Gasteiger partial charge on any atom is -0.372 e. The third kappa shape index (κ3) is 4.36. The SMILES string of the molecule is Cc1cc(C2OCCNCC2Cn2cccc(-c3noc(=O)[nH]3)c2=O)ccc1I. The fourth-order valence-electron chi connectivity index (χ4n) is 3.62. The first-order chi connectivity index (χ1) is 14.0. The molecule has 1 saturated heterocycles. The minimum atomic E-state index is -0.690. The molecule has 9 heteroatoms. The predicted molar refractivity (Wildman–Crippen MR) is 116 cm³/mol. The zero-order valence-corrected chi connectivity index (χ0v) is 18.0. The normalized spacial score (nSPS) is 19.8. The Labute approximate surface area is 180 Å². The molecular weight excluding hydrogens is 487 g/mol. The van der Waals surface area contributed by atoms with E-state index in [1.54, 1.807) is 22.9 Å². The summed E-state index contributed by atoms with van der Waals surface area (Å²) in [6.45, 7) is 4.67. The summed E-state index contributed by atoms with van der Waals surface area (Å²) < 4.78 is 13.6. The van der Waals surface area contributed by atoms with E-state index >= 15 is 0 Å². The van der Waals surface area contributed by atoms with Crippen LogP contribution in [0.15, 0.2) is 50.6 Å². The van der Waals surface area contributed by atoms with Gasteiger partial charge in [0.05, 0.1) is 18.3 Å². The topological polar surface area (TPSA) is 102 Å². The van der Waals surface area contributed by atoms with E-state index in [9.17, 15) is 9.59 Å². The highest BCUT2D eigenvalue weighted by Crippen LogP contribution is 2.30. The fraction of sp³-hybridized carbons (Fsp3) is 0.350. The monoisotopic (exact) mass is 508 g/mol. The summed E-state index contributed by atoms with van der Waals surface area (Å²) in [4.78, 5) is 26.7. The summed E-state index contributed by atoms with van der Waals surface area (Å²) in [7, 11) is 0. The van der Waals surface area contributed by atoms with Crippen molar-refractivity contribution in [3.8, 4) is 11.4 Å². The molecule has 2 N–H and O–H groups in total. The lowest BCUT2D eigenvalue weighted by Crippen LogP contribution is -2.32. The summed E-state index contributed by atoms with van der Waals surface area (Å²) >= 11 is 2.32. The van der Waals surface area contributed by atoms with Gasteiger partial charge in [-0.1, -0.05) is 17.3 Å². The predicted octanol–water partition coefficient (Wildman–Crippen LogP) is 2.08. The van der Waals surface area contributed by atoms with Crippen LogP contribution in [0.1, 0.15) is 17.2 Å². The van der Waals surface area contributed by atoms with Crippen LogP contribution in [0.25, 0.3) is 11.4 Å². The summed E-state index contributed by atoms with van der Waals surface area (Å²) in [6, 6.07) is 9.73.